The number of thioether (sulfide) groups is 1. The SMILES string of the molecule is CCNc1nnc(S[C@@H](C)C#N)s1. The third-order valence-corrected chi connectivity index (χ3v) is 3.15. The first kappa shape index (κ1) is 10.3. The Bertz CT molecular complexity index is 304. The lowest BCUT2D eigenvalue weighted by molar-refractivity contribution is 0.999. The van der Waals surface area contributed by atoms with Crippen molar-refractivity contribution in [1.82, 2.24) is 10.2 Å². The van der Waals surface area contributed by atoms with Gasteiger partial charge in [-0.2, -0.15) is 5.26 Å². The van der Waals surface area contributed by atoms with Crippen molar-refractivity contribution in [2.45, 2.75) is 23.4 Å². The second-order valence-electron chi connectivity index (χ2n) is 2.29. The van der Waals surface area contributed by atoms with Gasteiger partial charge in [0.25, 0.3) is 0 Å². The third kappa shape index (κ3) is 3.20. The number of nitrogens with zero attached hydrogens (tertiary/aromatic N) is 3. The first-order valence-corrected chi connectivity index (χ1v) is 5.59. The molecule has 13 heavy (non-hydrogen) atoms. The molecule has 6 heteroatoms. The number of aromatic nitrogens is 2. The van der Waals surface area contributed by atoms with Crippen LogP contribution in [0.2, 0.25) is 0 Å². The molecule has 0 radical (unpaired) electrons. The van der Waals surface area contributed by atoms with Crippen LogP contribution in [0.1, 0.15) is 13.8 Å². The van der Waals surface area contributed by atoms with Gasteiger partial charge in [-0.15, -0.1) is 10.2 Å². The van der Waals surface area contributed by atoms with E-state index in [0.717, 1.165) is 16.0 Å². The molecule has 0 bridgehead atoms. The van der Waals surface area contributed by atoms with Crippen molar-refractivity contribution in [1.29, 1.82) is 5.26 Å². The van der Waals surface area contributed by atoms with E-state index >= 15 is 0 Å². The zero-order valence-corrected chi connectivity index (χ0v) is 9.08. The zero-order valence-electron chi connectivity index (χ0n) is 7.44. The average Bonchev–Trinajstić information content (AvgIpc) is 2.53. The third-order valence-electron chi connectivity index (χ3n) is 1.19. The van der Waals surface area contributed by atoms with Gasteiger partial charge in [-0.05, 0) is 13.8 Å². The van der Waals surface area contributed by atoms with Crippen LogP contribution in [-0.2, 0) is 0 Å². The highest BCUT2D eigenvalue weighted by molar-refractivity contribution is 8.01. The maximum Gasteiger partial charge on any atom is 0.206 e. The van der Waals surface area contributed by atoms with Crippen molar-refractivity contribution in [3.8, 4) is 6.07 Å². The average molecular weight is 214 g/mol. The van der Waals surface area contributed by atoms with Gasteiger partial charge < -0.3 is 5.32 Å². The van der Waals surface area contributed by atoms with Crippen LogP contribution in [0.15, 0.2) is 4.34 Å². The van der Waals surface area contributed by atoms with Gasteiger partial charge in [-0.1, -0.05) is 23.1 Å². The molecule has 0 aliphatic heterocycles. The number of anilines is 1. The van der Waals surface area contributed by atoms with Gasteiger partial charge in [-0.3, -0.25) is 0 Å². The fourth-order valence-corrected chi connectivity index (χ4v) is 2.51. The summed E-state index contributed by atoms with van der Waals surface area (Å²) >= 11 is 2.91. The summed E-state index contributed by atoms with van der Waals surface area (Å²) in [6.07, 6.45) is 0. The van der Waals surface area contributed by atoms with Gasteiger partial charge in [0.1, 0.15) is 0 Å². The maximum absolute atomic E-state index is 8.58. The number of hydrogen-bond acceptors (Lipinski definition) is 6. The van der Waals surface area contributed by atoms with Crippen molar-refractivity contribution < 1.29 is 0 Å². The summed E-state index contributed by atoms with van der Waals surface area (Å²) in [4.78, 5) is 0. The van der Waals surface area contributed by atoms with Crippen LogP contribution >= 0.6 is 23.1 Å². The van der Waals surface area contributed by atoms with Gasteiger partial charge in [-0.25, -0.2) is 0 Å². The number of nitriles is 1. The van der Waals surface area contributed by atoms with E-state index in [4.69, 9.17) is 5.26 Å². The van der Waals surface area contributed by atoms with Gasteiger partial charge in [0.2, 0.25) is 5.13 Å². The molecule has 1 atom stereocenters. The predicted octanol–water partition coefficient (Wildman–Crippen LogP) is 1.97. The molecule has 0 aliphatic carbocycles. The van der Waals surface area contributed by atoms with E-state index in [0.29, 0.717) is 0 Å². The van der Waals surface area contributed by atoms with Gasteiger partial charge >= 0.3 is 0 Å². The molecule has 0 fully saturated rings. The van der Waals surface area contributed by atoms with E-state index in [1.165, 1.54) is 23.1 Å². The molecule has 1 N–H and O–H groups in total. The molecule has 1 rings (SSSR count). The van der Waals surface area contributed by atoms with Crippen molar-refractivity contribution in [3.05, 3.63) is 0 Å². The molecule has 0 amide bonds. The van der Waals surface area contributed by atoms with Crippen LogP contribution in [-0.4, -0.2) is 22.0 Å². The van der Waals surface area contributed by atoms with E-state index in [-0.39, 0.29) is 5.25 Å². The molecular weight excluding hydrogens is 204 g/mol. The fraction of sp³-hybridized carbons (Fsp3) is 0.571. The molecule has 0 saturated heterocycles. The molecule has 0 unspecified atom stereocenters. The highest BCUT2D eigenvalue weighted by Crippen LogP contribution is 2.28. The lowest BCUT2D eigenvalue weighted by atomic mass is 10.5. The monoisotopic (exact) mass is 214 g/mol. The summed E-state index contributed by atoms with van der Waals surface area (Å²) in [7, 11) is 0. The Morgan fingerprint density at radius 2 is 2.46 bits per heavy atom. The van der Waals surface area contributed by atoms with Crippen LogP contribution in [0, 0.1) is 11.3 Å². The zero-order chi connectivity index (χ0) is 9.68. The van der Waals surface area contributed by atoms with Crippen molar-refractivity contribution in [2.75, 3.05) is 11.9 Å². The second-order valence-corrected chi connectivity index (χ2v) is 4.86. The highest BCUT2D eigenvalue weighted by atomic mass is 32.2. The fourth-order valence-electron chi connectivity index (χ4n) is 0.658. The minimum absolute atomic E-state index is 0.0672. The lowest BCUT2D eigenvalue weighted by Gasteiger charge is -1.94. The normalized spacial score (nSPS) is 12.1. The Kier molecular flexibility index (Phi) is 3.99. The molecule has 0 spiro atoms. The predicted molar refractivity (Wildman–Crippen MR) is 55.0 cm³/mol. The molecule has 70 valence electrons. The van der Waals surface area contributed by atoms with Crippen LogP contribution in [0.5, 0.6) is 0 Å². The summed E-state index contributed by atoms with van der Waals surface area (Å²) in [5, 5.41) is 20.3. The number of rotatable bonds is 4. The van der Waals surface area contributed by atoms with Crippen LogP contribution in [0.25, 0.3) is 0 Å². The van der Waals surface area contributed by atoms with Gasteiger partial charge in [0.05, 0.1) is 11.3 Å². The molecule has 1 aromatic rings. The topological polar surface area (TPSA) is 61.6 Å². The Labute approximate surface area is 85.4 Å². The Morgan fingerprint density at radius 1 is 1.69 bits per heavy atom. The van der Waals surface area contributed by atoms with E-state index in [1.54, 1.807) is 0 Å². The largest absolute Gasteiger partial charge is 0.360 e. The second kappa shape index (κ2) is 5.04. The highest BCUT2D eigenvalue weighted by Gasteiger charge is 2.07. The lowest BCUT2D eigenvalue weighted by Crippen LogP contribution is -1.94. The summed E-state index contributed by atoms with van der Waals surface area (Å²) in [6.45, 7) is 4.69. The Morgan fingerprint density at radius 3 is 3.08 bits per heavy atom. The number of nitrogens with one attached hydrogen (secondary N) is 1. The maximum atomic E-state index is 8.58. The quantitative estimate of drug-likeness (QED) is 0.776. The molecule has 4 nitrogen and oxygen atoms in total. The molecule has 1 aromatic heterocycles. The summed E-state index contributed by atoms with van der Waals surface area (Å²) in [5.41, 5.74) is 0. The summed E-state index contributed by atoms with van der Waals surface area (Å²) in [5.74, 6) is 0. The summed E-state index contributed by atoms with van der Waals surface area (Å²) < 4.78 is 0.838. The molecule has 1 heterocycles. The minimum Gasteiger partial charge on any atom is -0.360 e. The smallest absolute Gasteiger partial charge is 0.206 e. The van der Waals surface area contributed by atoms with Gasteiger partial charge in [0.15, 0.2) is 4.34 Å². The minimum atomic E-state index is -0.0672. The molecule has 0 aliphatic rings. The molecule has 0 saturated carbocycles. The van der Waals surface area contributed by atoms with Crippen molar-refractivity contribution in [2.24, 2.45) is 0 Å². The molecular formula is C7H10N4S2. The van der Waals surface area contributed by atoms with E-state index in [2.05, 4.69) is 21.6 Å². The van der Waals surface area contributed by atoms with Crippen LogP contribution in [0.3, 0.4) is 0 Å². The number of hydrogen-bond donors (Lipinski definition) is 1. The first-order valence-electron chi connectivity index (χ1n) is 3.90. The van der Waals surface area contributed by atoms with E-state index in [1.807, 2.05) is 13.8 Å². The van der Waals surface area contributed by atoms with Gasteiger partial charge in [0, 0.05) is 6.54 Å². The van der Waals surface area contributed by atoms with Crippen molar-refractivity contribution >= 4 is 28.2 Å². The van der Waals surface area contributed by atoms with E-state index < -0.39 is 0 Å². The van der Waals surface area contributed by atoms with Crippen LogP contribution < -0.4 is 5.32 Å². The summed E-state index contributed by atoms with van der Waals surface area (Å²) in [6, 6.07) is 2.14. The van der Waals surface area contributed by atoms with Crippen LogP contribution in [0.4, 0.5) is 5.13 Å². The van der Waals surface area contributed by atoms with Crippen molar-refractivity contribution in [3.63, 3.8) is 0 Å². The van der Waals surface area contributed by atoms with E-state index in [9.17, 15) is 0 Å². The first-order chi connectivity index (χ1) is 6.26. The Balaban J connectivity index is 2.54. The standard InChI is InChI=1S/C7H10N4S2/c1-3-9-6-10-11-7(13-6)12-5(2)4-8/h5H,3H2,1-2H3,(H,9,10)/t5-/m0/s1. The molecule has 0 aromatic carbocycles. The Hall–Kier alpha value is -0.800.